The van der Waals surface area contributed by atoms with Crippen molar-refractivity contribution in [3.8, 4) is 0 Å². The summed E-state index contributed by atoms with van der Waals surface area (Å²) in [6.45, 7) is 0. The number of hydrogen-bond donors (Lipinski definition) is 2. The summed E-state index contributed by atoms with van der Waals surface area (Å²) in [5.41, 5.74) is -1.46. The number of fused-ring (bicyclic) bond motifs is 2. The number of halogens is 2. The minimum Gasteiger partial charge on any atom is -0.744 e. The number of anilines is 4. The summed E-state index contributed by atoms with van der Waals surface area (Å²) < 4.78 is 65.7. The molecule has 20 heteroatoms. The van der Waals surface area contributed by atoms with E-state index in [1.807, 2.05) is 0 Å². The normalized spacial score (nSPS) is 12.4. The van der Waals surface area contributed by atoms with Crippen LogP contribution in [0.25, 0.3) is 5.90 Å². The summed E-state index contributed by atoms with van der Waals surface area (Å²) in [4.78, 5) is 35.6. The monoisotopic (exact) mass is 680 g/mol. The molecule has 0 saturated heterocycles. The van der Waals surface area contributed by atoms with Crippen LogP contribution in [0.4, 0.5) is 23.0 Å². The van der Waals surface area contributed by atoms with Crippen molar-refractivity contribution in [1.29, 1.82) is 0 Å². The Labute approximate surface area is 298 Å². The van der Waals surface area contributed by atoms with Crippen LogP contribution in [0.15, 0.2) is 64.4 Å². The van der Waals surface area contributed by atoms with Crippen LogP contribution in [0.2, 0.25) is 10.6 Å². The SMILES string of the molecule is [NH-]OS(=O)(=O)c1c(S(=O)(=O)[O-])cc(Nc2ccc(Nc3nc(Cl)nc(Cl)n3)cc2)c2c1C(=O)c1ccccc1C2=O.[Na+].[Na+]. The van der Waals surface area contributed by atoms with Gasteiger partial charge in [0.25, 0.3) is 10.1 Å². The smallest absolute Gasteiger partial charge is 0.744 e. The molecular weight excluding hydrogens is 669 g/mol. The molecule has 0 fully saturated rings. The second-order valence-corrected chi connectivity index (χ2v) is 11.7. The van der Waals surface area contributed by atoms with Crippen molar-refractivity contribution in [2.75, 3.05) is 10.6 Å². The van der Waals surface area contributed by atoms with E-state index in [-0.39, 0.29) is 98.1 Å². The van der Waals surface area contributed by atoms with Gasteiger partial charge < -0.3 is 25.4 Å². The Kier molecular flexibility index (Phi) is 11.2. The number of rotatable bonds is 7. The van der Waals surface area contributed by atoms with E-state index in [0.29, 0.717) is 11.8 Å². The van der Waals surface area contributed by atoms with E-state index in [0.717, 1.165) is 0 Å². The number of nitrogens with one attached hydrogen (secondary N) is 3. The Balaban J connectivity index is 0.00000253. The van der Waals surface area contributed by atoms with Crippen LogP contribution in [-0.4, -0.2) is 47.9 Å². The number of nitrogens with zero attached hydrogens (tertiary/aromatic N) is 3. The van der Waals surface area contributed by atoms with Gasteiger partial charge in [0, 0.05) is 22.5 Å². The van der Waals surface area contributed by atoms with Gasteiger partial charge in [-0.25, -0.2) is 8.42 Å². The molecule has 0 aliphatic heterocycles. The molecule has 0 saturated carbocycles. The Bertz CT molecular complexity index is 1980. The fraction of sp³-hybridized carbons (Fsp3) is 0. The summed E-state index contributed by atoms with van der Waals surface area (Å²) in [7, 11) is -10.9. The van der Waals surface area contributed by atoms with E-state index >= 15 is 0 Å². The molecule has 0 spiro atoms. The molecule has 0 atom stereocenters. The summed E-state index contributed by atoms with van der Waals surface area (Å²) in [6.07, 6.45) is 0. The zero-order chi connectivity index (χ0) is 29.7. The van der Waals surface area contributed by atoms with Gasteiger partial charge in [-0.2, -0.15) is 23.4 Å². The van der Waals surface area contributed by atoms with Gasteiger partial charge in [0.15, 0.2) is 11.6 Å². The van der Waals surface area contributed by atoms with Crippen molar-refractivity contribution >= 4 is 78.0 Å². The third-order valence-electron chi connectivity index (χ3n) is 5.75. The van der Waals surface area contributed by atoms with Gasteiger partial charge in [-0.15, -0.1) is 0 Å². The Morgan fingerprint density at radius 3 is 1.74 bits per heavy atom. The van der Waals surface area contributed by atoms with Gasteiger partial charge in [-0.3, -0.25) is 9.59 Å². The first kappa shape index (κ1) is 35.4. The molecule has 3 N–H and O–H groups in total. The van der Waals surface area contributed by atoms with E-state index in [2.05, 4.69) is 29.9 Å². The molecule has 3 aromatic carbocycles. The molecule has 210 valence electrons. The number of aromatic nitrogens is 3. The Morgan fingerprint density at radius 1 is 0.767 bits per heavy atom. The summed E-state index contributed by atoms with van der Waals surface area (Å²) in [5.74, 6) is 5.08. The molecule has 0 radical (unpaired) electrons. The van der Waals surface area contributed by atoms with Crippen LogP contribution in [0.1, 0.15) is 31.8 Å². The topological polar surface area (TPSA) is 221 Å². The van der Waals surface area contributed by atoms with Crippen LogP contribution >= 0.6 is 23.2 Å². The Hall–Kier alpha value is -2.03. The fourth-order valence-electron chi connectivity index (χ4n) is 4.12. The molecule has 1 heterocycles. The first-order valence-electron chi connectivity index (χ1n) is 11.0. The molecular formula is C23H12Cl2N6Na2O8S2. The molecule has 1 aliphatic carbocycles. The predicted octanol–water partition coefficient (Wildman–Crippen LogP) is -1.97. The first-order chi connectivity index (χ1) is 19.3. The minimum absolute atomic E-state index is 0. The van der Waals surface area contributed by atoms with E-state index in [4.69, 9.17) is 29.1 Å². The third-order valence-corrected chi connectivity index (χ3v) is 8.22. The van der Waals surface area contributed by atoms with Crippen molar-refractivity contribution < 1.29 is 94.4 Å². The van der Waals surface area contributed by atoms with Crippen LogP contribution in [0.3, 0.4) is 0 Å². The largest absolute Gasteiger partial charge is 1.00 e. The quantitative estimate of drug-likeness (QED) is 0.108. The van der Waals surface area contributed by atoms with E-state index in [1.54, 1.807) is 0 Å². The second kappa shape index (κ2) is 13.5. The number of ketones is 2. The molecule has 0 unspecified atom stereocenters. The van der Waals surface area contributed by atoms with Crippen LogP contribution in [0.5, 0.6) is 0 Å². The van der Waals surface area contributed by atoms with E-state index in [1.165, 1.54) is 48.5 Å². The average molecular weight is 681 g/mol. The number of carbonyl (C=O) groups is 2. The number of carbonyl (C=O) groups excluding carboxylic acids is 2. The maximum absolute atomic E-state index is 13.6. The van der Waals surface area contributed by atoms with Crippen molar-refractivity contribution in [2.45, 2.75) is 9.79 Å². The number of benzene rings is 3. The molecule has 0 amide bonds. The fourth-order valence-corrected chi connectivity index (χ4v) is 6.52. The summed E-state index contributed by atoms with van der Waals surface area (Å²) in [6, 6.07) is 12.0. The molecule has 4 aromatic rings. The summed E-state index contributed by atoms with van der Waals surface area (Å²) >= 11 is 11.5. The maximum atomic E-state index is 13.6. The third kappa shape index (κ3) is 7.12. The van der Waals surface area contributed by atoms with Gasteiger partial charge in [0.05, 0.1) is 21.7 Å². The second-order valence-electron chi connectivity index (χ2n) is 8.22. The van der Waals surface area contributed by atoms with Gasteiger partial charge >= 0.3 is 59.1 Å². The molecule has 1 aliphatic rings. The van der Waals surface area contributed by atoms with Gasteiger partial charge in [0.2, 0.25) is 16.5 Å². The molecule has 43 heavy (non-hydrogen) atoms. The van der Waals surface area contributed by atoms with E-state index in [9.17, 15) is 31.0 Å². The van der Waals surface area contributed by atoms with Crippen LogP contribution < -0.4 is 69.7 Å². The van der Waals surface area contributed by atoms with Gasteiger partial charge in [-0.1, -0.05) is 24.3 Å². The zero-order valence-corrected chi connectivity index (χ0v) is 29.0. The average Bonchev–Trinajstić information content (AvgIpc) is 2.91. The van der Waals surface area contributed by atoms with Gasteiger partial charge in [0.1, 0.15) is 15.0 Å². The molecule has 0 bridgehead atoms. The van der Waals surface area contributed by atoms with Crippen LogP contribution in [-0.2, 0) is 24.5 Å². The van der Waals surface area contributed by atoms with Crippen molar-refractivity contribution in [3.05, 3.63) is 93.3 Å². The van der Waals surface area contributed by atoms with E-state index < -0.39 is 52.7 Å². The maximum Gasteiger partial charge on any atom is 1.00 e. The standard InChI is InChI=1S/C23H13Cl2N6O8S2.2Na/c24-21-29-22(25)31-23(30-21)28-11-7-5-10(6-8-11)27-14-9-15(40(34,35)36)20(41(37,38)39-26)17-16(14)18(32)12-3-1-2-4-13(12)19(17)33;;/h1-9,26-27H,(H,34,35,36)(H,28,29,30,31);;/q-1;2*+1/p-1. The van der Waals surface area contributed by atoms with Crippen LogP contribution in [0, 0.1) is 0 Å². The minimum atomic E-state index is -5.59. The molecule has 5 rings (SSSR count). The van der Waals surface area contributed by atoms with Gasteiger partial charge in [-0.05, 0) is 53.5 Å². The molecule has 1 aromatic heterocycles. The Morgan fingerprint density at radius 2 is 1.26 bits per heavy atom. The van der Waals surface area contributed by atoms with Crippen molar-refractivity contribution in [2.24, 2.45) is 0 Å². The first-order valence-corrected chi connectivity index (χ1v) is 14.5. The zero-order valence-electron chi connectivity index (χ0n) is 21.9. The predicted molar refractivity (Wildman–Crippen MR) is 143 cm³/mol. The molecule has 14 nitrogen and oxygen atoms in total. The van der Waals surface area contributed by atoms with Crippen molar-refractivity contribution in [3.63, 3.8) is 0 Å². The summed E-state index contributed by atoms with van der Waals surface area (Å²) in [5, 5.41) is 5.29. The number of hydrogen-bond acceptors (Lipinski definition) is 13. The van der Waals surface area contributed by atoms with Crippen molar-refractivity contribution in [1.82, 2.24) is 15.0 Å².